The maximum Gasteiger partial charge on any atom is 0.573 e. The minimum atomic E-state index is -4.67. The summed E-state index contributed by atoms with van der Waals surface area (Å²) in [5, 5.41) is 3.09. The van der Waals surface area contributed by atoms with Gasteiger partial charge in [0.25, 0.3) is 0 Å². The molecule has 0 saturated heterocycles. The van der Waals surface area contributed by atoms with Crippen LogP contribution in [0.15, 0.2) is 22.7 Å². The maximum absolute atomic E-state index is 12.0. The summed E-state index contributed by atoms with van der Waals surface area (Å²) in [5.41, 5.74) is 0.750. The first-order valence-electron chi connectivity index (χ1n) is 4.70. The molecule has 0 unspecified atom stereocenters. The zero-order valence-corrected chi connectivity index (χ0v) is 11.4. The van der Waals surface area contributed by atoms with Crippen LogP contribution in [-0.2, 0) is 0 Å². The molecule has 0 aliphatic heterocycles. The van der Waals surface area contributed by atoms with Crippen molar-refractivity contribution in [3.8, 4) is 5.75 Å². The molecule has 1 rings (SSSR count). The number of nitrogens with one attached hydrogen (secondary N) is 1. The first-order chi connectivity index (χ1) is 7.92. The molecule has 0 aliphatic rings. The number of benzene rings is 1. The fraction of sp³-hybridized carbons (Fsp3) is 0.400. The third-order valence-corrected chi connectivity index (χ3v) is 3.02. The van der Waals surface area contributed by atoms with E-state index in [1.165, 1.54) is 6.07 Å². The van der Waals surface area contributed by atoms with E-state index in [2.05, 4.69) is 26.0 Å². The lowest BCUT2D eigenvalue weighted by Gasteiger charge is -2.12. The smallest absolute Gasteiger partial charge is 0.405 e. The highest BCUT2D eigenvalue weighted by Crippen LogP contribution is 2.32. The van der Waals surface area contributed by atoms with Crippen molar-refractivity contribution in [2.45, 2.75) is 6.36 Å². The van der Waals surface area contributed by atoms with Gasteiger partial charge in [0.1, 0.15) is 5.75 Å². The molecule has 96 valence electrons. The van der Waals surface area contributed by atoms with E-state index in [0.717, 1.165) is 18.0 Å². The molecule has 0 spiro atoms. The molecular formula is C10H11BrF3NOS. The van der Waals surface area contributed by atoms with Gasteiger partial charge in [-0.05, 0) is 40.4 Å². The molecule has 1 aromatic carbocycles. The van der Waals surface area contributed by atoms with Gasteiger partial charge >= 0.3 is 6.36 Å². The van der Waals surface area contributed by atoms with Crippen molar-refractivity contribution < 1.29 is 17.9 Å². The summed E-state index contributed by atoms with van der Waals surface area (Å²) in [4.78, 5) is 0. The van der Waals surface area contributed by atoms with Crippen LogP contribution in [0.2, 0.25) is 0 Å². The van der Waals surface area contributed by atoms with Gasteiger partial charge < -0.3 is 10.1 Å². The summed E-state index contributed by atoms with van der Waals surface area (Å²) in [6.07, 6.45) is -2.69. The van der Waals surface area contributed by atoms with Crippen molar-refractivity contribution in [2.75, 3.05) is 23.9 Å². The van der Waals surface area contributed by atoms with Crippen molar-refractivity contribution in [1.82, 2.24) is 0 Å². The third kappa shape index (κ3) is 5.54. The van der Waals surface area contributed by atoms with Gasteiger partial charge in [-0.1, -0.05) is 0 Å². The number of halogens is 4. The minimum Gasteiger partial charge on any atom is -0.405 e. The number of rotatable bonds is 5. The Balaban J connectivity index is 2.66. The van der Waals surface area contributed by atoms with Gasteiger partial charge in [0.15, 0.2) is 0 Å². The van der Waals surface area contributed by atoms with Gasteiger partial charge in [-0.25, -0.2) is 0 Å². The van der Waals surface area contributed by atoms with Crippen LogP contribution in [0.4, 0.5) is 18.9 Å². The lowest BCUT2D eigenvalue weighted by molar-refractivity contribution is -0.274. The first kappa shape index (κ1) is 14.5. The molecule has 0 aliphatic carbocycles. The number of hydrogen-bond donors (Lipinski definition) is 1. The second-order valence-corrected chi connectivity index (χ2v) is 4.95. The van der Waals surface area contributed by atoms with E-state index in [-0.39, 0.29) is 10.2 Å². The average Bonchev–Trinajstić information content (AvgIpc) is 2.21. The van der Waals surface area contributed by atoms with Gasteiger partial charge in [0.2, 0.25) is 0 Å². The molecule has 1 aromatic rings. The van der Waals surface area contributed by atoms with Crippen LogP contribution >= 0.6 is 27.7 Å². The zero-order chi connectivity index (χ0) is 12.9. The summed E-state index contributed by atoms with van der Waals surface area (Å²) >= 11 is 4.73. The molecular weight excluding hydrogens is 319 g/mol. The van der Waals surface area contributed by atoms with Crippen LogP contribution in [-0.4, -0.2) is 24.9 Å². The van der Waals surface area contributed by atoms with E-state index >= 15 is 0 Å². The minimum absolute atomic E-state index is 0.243. The van der Waals surface area contributed by atoms with Gasteiger partial charge in [-0.3, -0.25) is 0 Å². The van der Waals surface area contributed by atoms with Crippen molar-refractivity contribution in [2.24, 2.45) is 0 Å². The van der Waals surface area contributed by atoms with Crippen LogP contribution in [0.25, 0.3) is 0 Å². The van der Waals surface area contributed by atoms with E-state index < -0.39 is 6.36 Å². The summed E-state index contributed by atoms with van der Waals surface area (Å²) in [6.45, 7) is 0.757. The molecule has 0 radical (unpaired) electrons. The Morgan fingerprint density at radius 2 is 2.12 bits per heavy atom. The Hall–Kier alpha value is -0.560. The third-order valence-electron chi connectivity index (χ3n) is 1.79. The highest BCUT2D eigenvalue weighted by Gasteiger charge is 2.31. The maximum atomic E-state index is 12.0. The molecule has 0 bridgehead atoms. The van der Waals surface area contributed by atoms with E-state index in [0.29, 0.717) is 0 Å². The summed E-state index contributed by atoms with van der Waals surface area (Å²) < 4.78 is 40.1. The highest BCUT2D eigenvalue weighted by atomic mass is 79.9. The number of thioether (sulfide) groups is 1. The average molecular weight is 330 g/mol. The van der Waals surface area contributed by atoms with Crippen molar-refractivity contribution in [3.63, 3.8) is 0 Å². The van der Waals surface area contributed by atoms with Crippen LogP contribution in [0.3, 0.4) is 0 Å². The molecule has 2 nitrogen and oxygen atoms in total. The van der Waals surface area contributed by atoms with Gasteiger partial charge in [0, 0.05) is 18.0 Å². The van der Waals surface area contributed by atoms with Crippen LogP contribution in [0.1, 0.15) is 0 Å². The second kappa shape index (κ2) is 6.39. The van der Waals surface area contributed by atoms with E-state index in [9.17, 15) is 13.2 Å². The van der Waals surface area contributed by atoms with Gasteiger partial charge in [-0.2, -0.15) is 11.8 Å². The molecule has 17 heavy (non-hydrogen) atoms. The predicted octanol–water partition coefficient (Wildman–Crippen LogP) is 4.12. The number of ether oxygens (including phenoxy) is 1. The van der Waals surface area contributed by atoms with Crippen molar-refractivity contribution in [1.29, 1.82) is 0 Å². The van der Waals surface area contributed by atoms with E-state index in [4.69, 9.17) is 0 Å². The predicted molar refractivity (Wildman–Crippen MR) is 67.7 cm³/mol. The van der Waals surface area contributed by atoms with Gasteiger partial charge in [0.05, 0.1) is 4.47 Å². The molecule has 0 atom stereocenters. The molecule has 0 heterocycles. The topological polar surface area (TPSA) is 21.3 Å². The lowest BCUT2D eigenvalue weighted by Crippen LogP contribution is -2.17. The molecule has 0 saturated carbocycles. The second-order valence-electron chi connectivity index (χ2n) is 3.11. The lowest BCUT2D eigenvalue weighted by atomic mass is 10.3. The zero-order valence-electron chi connectivity index (χ0n) is 8.97. The molecule has 0 fully saturated rings. The van der Waals surface area contributed by atoms with Crippen molar-refractivity contribution >= 4 is 33.4 Å². The molecule has 7 heteroatoms. The van der Waals surface area contributed by atoms with Crippen LogP contribution in [0.5, 0.6) is 5.75 Å². The van der Waals surface area contributed by atoms with Gasteiger partial charge in [-0.15, -0.1) is 13.2 Å². The Labute approximate surface area is 110 Å². The number of anilines is 1. The first-order valence-corrected chi connectivity index (χ1v) is 6.89. The van der Waals surface area contributed by atoms with Crippen LogP contribution in [0, 0.1) is 0 Å². The SMILES string of the molecule is CSCCNc1ccc(OC(F)(F)F)c(Br)c1. The van der Waals surface area contributed by atoms with E-state index in [1.807, 2.05) is 6.26 Å². The summed E-state index contributed by atoms with van der Waals surface area (Å²) in [5.74, 6) is 0.686. The fourth-order valence-corrected chi connectivity index (χ4v) is 1.88. The quantitative estimate of drug-likeness (QED) is 0.821. The summed E-state index contributed by atoms with van der Waals surface area (Å²) in [6, 6.07) is 4.38. The monoisotopic (exact) mass is 329 g/mol. The standard InChI is InChI=1S/C10H11BrF3NOS/c1-17-5-4-15-7-2-3-9(8(11)6-7)16-10(12,13)14/h2-3,6,15H,4-5H2,1H3. The van der Waals surface area contributed by atoms with Crippen LogP contribution < -0.4 is 10.1 Å². The normalized spacial score (nSPS) is 11.4. The molecule has 0 amide bonds. The number of hydrogen-bond acceptors (Lipinski definition) is 3. The molecule has 0 aromatic heterocycles. The largest absolute Gasteiger partial charge is 0.573 e. The molecule has 1 N–H and O–H groups in total. The summed E-state index contributed by atoms with van der Waals surface area (Å²) in [7, 11) is 0. The Morgan fingerprint density at radius 3 is 2.65 bits per heavy atom. The Kier molecular flexibility index (Phi) is 5.45. The number of alkyl halides is 3. The Bertz CT molecular complexity index is 373. The Morgan fingerprint density at radius 1 is 1.41 bits per heavy atom. The highest BCUT2D eigenvalue weighted by molar-refractivity contribution is 9.10. The van der Waals surface area contributed by atoms with E-state index in [1.54, 1.807) is 23.9 Å². The van der Waals surface area contributed by atoms with Crippen molar-refractivity contribution in [3.05, 3.63) is 22.7 Å². The fourth-order valence-electron chi connectivity index (χ4n) is 1.12.